The third-order valence-electron chi connectivity index (χ3n) is 4.53. The second-order valence-electron chi connectivity index (χ2n) is 6.15. The Bertz CT molecular complexity index is 714. The molecular weight excluding hydrogens is 316 g/mol. The number of carbonyl (C=O) groups excluding carboxylic acids is 1. The van der Waals surface area contributed by atoms with Gasteiger partial charge in [0.05, 0.1) is 20.3 Å². The summed E-state index contributed by atoms with van der Waals surface area (Å²) in [6.45, 7) is 1.67. The lowest BCUT2D eigenvalue weighted by atomic mass is 9.98. The number of likely N-dealkylation sites (tertiary alicyclic amines) is 1. The molecule has 2 aromatic carbocycles. The van der Waals surface area contributed by atoms with Gasteiger partial charge in [-0.25, -0.2) is 4.79 Å². The van der Waals surface area contributed by atoms with Crippen molar-refractivity contribution < 1.29 is 14.3 Å². The minimum Gasteiger partial charge on any atom is -0.493 e. The van der Waals surface area contributed by atoms with Crippen molar-refractivity contribution in [3.8, 4) is 11.5 Å². The highest BCUT2D eigenvalue weighted by atomic mass is 16.5. The van der Waals surface area contributed by atoms with Crippen LogP contribution in [0.25, 0.3) is 0 Å². The first-order valence-corrected chi connectivity index (χ1v) is 8.52. The zero-order chi connectivity index (χ0) is 17.6. The molecule has 0 aromatic heterocycles. The predicted molar refractivity (Wildman–Crippen MR) is 97.2 cm³/mol. The average molecular weight is 340 g/mol. The van der Waals surface area contributed by atoms with Gasteiger partial charge in [-0.15, -0.1) is 0 Å². The Labute approximate surface area is 148 Å². The molecule has 1 heterocycles. The van der Waals surface area contributed by atoms with Crippen LogP contribution in [0.5, 0.6) is 11.5 Å². The molecule has 0 spiro atoms. The molecule has 0 aliphatic carbocycles. The Kier molecular flexibility index (Phi) is 5.43. The average Bonchev–Trinajstić information content (AvgIpc) is 2.60. The number of hydrogen-bond acceptors (Lipinski definition) is 3. The van der Waals surface area contributed by atoms with Gasteiger partial charge in [0.1, 0.15) is 0 Å². The fourth-order valence-corrected chi connectivity index (χ4v) is 2.94. The van der Waals surface area contributed by atoms with Gasteiger partial charge in [-0.3, -0.25) is 0 Å². The summed E-state index contributed by atoms with van der Waals surface area (Å²) in [6.07, 6.45) is 1.77. The molecule has 5 heteroatoms. The highest BCUT2D eigenvalue weighted by Crippen LogP contribution is 2.29. The second kappa shape index (κ2) is 7.92. The van der Waals surface area contributed by atoms with E-state index in [1.54, 1.807) is 14.2 Å². The Morgan fingerprint density at radius 1 is 1.08 bits per heavy atom. The number of carbonyl (C=O) groups is 1. The normalized spacial score (nSPS) is 14.4. The molecular formula is C20H24N2O3. The van der Waals surface area contributed by atoms with Gasteiger partial charge in [0, 0.05) is 13.1 Å². The molecule has 0 radical (unpaired) electrons. The third-order valence-corrected chi connectivity index (χ3v) is 4.53. The van der Waals surface area contributed by atoms with E-state index < -0.39 is 0 Å². The van der Waals surface area contributed by atoms with Gasteiger partial charge in [-0.1, -0.05) is 36.4 Å². The second-order valence-corrected chi connectivity index (χ2v) is 6.15. The summed E-state index contributed by atoms with van der Waals surface area (Å²) in [5.74, 6) is 1.40. The first-order valence-electron chi connectivity index (χ1n) is 8.52. The minimum atomic E-state index is -0.0904. The van der Waals surface area contributed by atoms with Crippen LogP contribution in [0.3, 0.4) is 0 Å². The summed E-state index contributed by atoms with van der Waals surface area (Å²) >= 11 is 0. The van der Waals surface area contributed by atoms with Gasteiger partial charge in [-0.05, 0) is 36.1 Å². The quantitative estimate of drug-likeness (QED) is 0.877. The molecule has 1 saturated heterocycles. The van der Waals surface area contributed by atoms with E-state index in [4.69, 9.17) is 9.47 Å². The van der Waals surface area contributed by atoms with Gasteiger partial charge in [0.15, 0.2) is 11.5 Å². The van der Waals surface area contributed by atoms with E-state index in [2.05, 4.69) is 5.32 Å². The maximum Gasteiger partial charge on any atom is 0.317 e. The molecule has 132 valence electrons. The van der Waals surface area contributed by atoms with Gasteiger partial charge in [0.25, 0.3) is 0 Å². The smallest absolute Gasteiger partial charge is 0.317 e. The van der Waals surface area contributed by atoms with Crippen LogP contribution in [0, 0.1) is 0 Å². The number of nitrogens with one attached hydrogen (secondary N) is 1. The summed E-state index contributed by atoms with van der Waals surface area (Å²) in [6, 6.07) is 15.8. The van der Waals surface area contributed by atoms with Gasteiger partial charge < -0.3 is 19.7 Å². The highest BCUT2D eigenvalue weighted by Gasteiger charge is 2.23. The van der Waals surface area contributed by atoms with Crippen molar-refractivity contribution in [3.63, 3.8) is 0 Å². The fourth-order valence-electron chi connectivity index (χ4n) is 2.94. The lowest BCUT2D eigenvalue weighted by molar-refractivity contribution is 0.164. The monoisotopic (exact) mass is 340 g/mol. The van der Waals surface area contributed by atoms with Crippen molar-refractivity contribution in [2.45, 2.75) is 18.9 Å². The lowest BCUT2D eigenvalue weighted by Gasteiger charge is -2.33. The first kappa shape index (κ1) is 17.1. The number of ether oxygens (including phenoxy) is 2. The standard InChI is InChI=1S/C20H24N2O3/c1-24-18-10-9-15(14-19(18)25-2)13-17(16-7-4-3-5-8-16)21-20(23)22-11-6-12-22/h3-5,7-10,14,17H,6,11-13H2,1-2H3,(H,21,23)/t17-/m1/s1. The molecule has 25 heavy (non-hydrogen) atoms. The Hall–Kier alpha value is -2.69. The van der Waals surface area contributed by atoms with E-state index in [1.165, 1.54) is 0 Å². The number of hydrogen-bond donors (Lipinski definition) is 1. The molecule has 0 bridgehead atoms. The number of benzene rings is 2. The zero-order valence-corrected chi connectivity index (χ0v) is 14.7. The Morgan fingerprint density at radius 3 is 2.40 bits per heavy atom. The van der Waals surface area contributed by atoms with Crippen LogP contribution >= 0.6 is 0 Å². The van der Waals surface area contributed by atoms with E-state index in [0.29, 0.717) is 17.9 Å². The van der Waals surface area contributed by atoms with E-state index in [1.807, 2.05) is 53.4 Å². The zero-order valence-electron chi connectivity index (χ0n) is 14.7. The molecule has 1 fully saturated rings. The van der Waals surface area contributed by atoms with E-state index in [9.17, 15) is 4.79 Å². The molecule has 1 aliphatic rings. The number of rotatable bonds is 6. The molecule has 1 N–H and O–H groups in total. The van der Waals surface area contributed by atoms with Crippen LogP contribution in [0.1, 0.15) is 23.6 Å². The number of urea groups is 1. The van der Waals surface area contributed by atoms with Crippen molar-refractivity contribution in [1.82, 2.24) is 10.2 Å². The van der Waals surface area contributed by atoms with Crippen LogP contribution in [-0.4, -0.2) is 38.2 Å². The van der Waals surface area contributed by atoms with Gasteiger partial charge in [-0.2, -0.15) is 0 Å². The molecule has 2 aromatic rings. The summed E-state index contributed by atoms with van der Waals surface area (Å²) in [4.78, 5) is 14.2. The summed E-state index contributed by atoms with van der Waals surface area (Å²) in [7, 11) is 3.25. The van der Waals surface area contributed by atoms with Crippen LogP contribution in [0.2, 0.25) is 0 Å². The maximum atomic E-state index is 12.4. The van der Waals surface area contributed by atoms with Crippen molar-refractivity contribution in [2.75, 3.05) is 27.3 Å². The SMILES string of the molecule is COc1ccc(C[C@@H](NC(=O)N2CCC2)c2ccccc2)cc1OC. The fraction of sp³-hybridized carbons (Fsp3) is 0.350. The van der Waals surface area contributed by atoms with Crippen molar-refractivity contribution in [3.05, 3.63) is 59.7 Å². The molecule has 0 unspecified atom stereocenters. The van der Waals surface area contributed by atoms with E-state index >= 15 is 0 Å². The third kappa shape index (κ3) is 4.05. The van der Waals surface area contributed by atoms with Crippen LogP contribution in [-0.2, 0) is 6.42 Å². The number of amides is 2. The van der Waals surface area contributed by atoms with Crippen LogP contribution in [0.15, 0.2) is 48.5 Å². The molecule has 3 rings (SSSR count). The lowest BCUT2D eigenvalue weighted by Crippen LogP contribution is -2.48. The number of nitrogens with zero attached hydrogens (tertiary/aromatic N) is 1. The molecule has 1 atom stereocenters. The topological polar surface area (TPSA) is 50.8 Å². The Balaban J connectivity index is 1.80. The van der Waals surface area contributed by atoms with Crippen LogP contribution < -0.4 is 14.8 Å². The van der Waals surface area contributed by atoms with Crippen LogP contribution in [0.4, 0.5) is 4.79 Å². The van der Waals surface area contributed by atoms with Gasteiger partial charge in [0.2, 0.25) is 0 Å². The first-order chi connectivity index (χ1) is 12.2. The Morgan fingerprint density at radius 2 is 1.80 bits per heavy atom. The van der Waals surface area contributed by atoms with Gasteiger partial charge >= 0.3 is 6.03 Å². The van der Waals surface area contributed by atoms with Crippen molar-refractivity contribution >= 4 is 6.03 Å². The predicted octanol–water partition coefficient (Wildman–Crippen LogP) is 3.40. The minimum absolute atomic E-state index is 0.000537. The highest BCUT2D eigenvalue weighted by molar-refractivity contribution is 5.75. The maximum absolute atomic E-state index is 12.4. The molecule has 1 aliphatic heterocycles. The largest absolute Gasteiger partial charge is 0.493 e. The summed E-state index contributed by atoms with van der Waals surface area (Å²) in [5, 5.41) is 3.16. The molecule has 0 saturated carbocycles. The van der Waals surface area contributed by atoms with E-state index in [-0.39, 0.29) is 12.1 Å². The molecule has 2 amide bonds. The van der Waals surface area contributed by atoms with Crippen molar-refractivity contribution in [1.29, 1.82) is 0 Å². The summed E-state index contributed by atoms with van der Waals surface area (Å²) in [5.41, 5.74) is 2.17. The molecule has 5 nitrogen and oxygen atoms in total. The van der Waals surface area contributed by atoms with Crippen molar-refractivity contribution in [2.24, 2.45) is 0 Å². The van der Waals surface area contributed by atoms with E-state index in [0.717, 1.165) is 30.6 Å². The summed E-state index contributed by atoms with van der Waals surface area (Å²) < 4.78 is 10.7. The number of methoxy groups -OCH3 is 2.